The zero-order chi connectivity index (χ0) is 23.4. The second-order valence-electron chi connectivity index (χ2n) is 8.99. The number of rotatable bonds is 6. The predicted octanol–water partition coefficient (Wildman–Crippen LogP) is 5.06. The highest BCUT2D eigenvalue weighted by Gasteiger charge is 2.17. The first-order chi connectivity index (χ1) is 15.8. The number of fused-ring (bicyclic) bond motifs is 1. The monoisotopic (exact) mass is 440 g/mol. The molecule has 0 aliphatic carbocycles. The number of benzene rings is 2. The summed E-state index contributed by atoms with van der Waals surface area (Å²) in [4.78, 5) is 29.9. The minimum Gasteiger partial charge on any atom is -0.352 e. The molecule has 2 aromatic carbocycles. The number of hydrogen-bond donors (Lipinski definition) is 2. The summed E-state index contributed by atoms with van der Waals surface area (Å²) in [6.45, 7) is 6.64. The number of carbonyl (C=O) groups is 2. The van der Waals surface area contributed by atoms with Crippen molar-refractivity contribution in [2.24, 2.45) is 0 Å². The quantitative estimate of drug-likeness (QED) is 0.440. The zero-order valence-corrected chi connectivity index (χ0v) is 19.1. The van der Waals surface area contributed by atoms with Gasteiger partial charge in [-0.2, -0.15) is 0 Å². The average molecular weight is 441 g/mol. The summed E-state index contributed by atoms with van der Waals surface area (Å²) in [5, 5.41) is 5.81. The van der Waals surface area contributed by atoms with Crippen LogP contribution < -0.4 is 10.6 Å². The lowest BCUT2D eigenvalue weighted by molar-refractivity contribution is -0.116. The minimum atomic E-state index is -0.193. The Bertz CT molecular complexity index is 1270. The lowest BCUT2D eigenvalue weighted by atomic mass is 9.87. The second kappa shape index (κ2) is 9.28. The fraction of sp³-hybridized carbons (Fsp3) is 0.222. The van der Waals surface area contributed by atoms with Crippen LogP contribution >= 0.6 is 0 Å². The zero-order valence-electron chi connectivity index (χ0n) is 19.1. The Kier molecular flexibility index (Phi) is 6.27. The minimum absolute atomic E-state index is 0.0313. The maximum absolute atomic E-state index is 12.7. The highest BCUT2D eigenvalue weighted by molar-refractivity contribution is 5.96. The van der Waals surface area contributed by atoms with E-state index in [1.54, 1.807) is 0 Å². The van der Waals surface area contributed by atoms with Gasteiger partial charge in [-0.1, -0.05) is 69.3 Å². The molecule has 0 aliphatic rings. The molecule has 0 spiro atoms. The van der Waals surface area contributed by atoms with Gasteiger partial charge in [-0.3, -0.25) is 14.0 Å². The van der Waals surface area contributed by atoms with E-state index in [0.29, 0.717) is 17.1 Å². The highest BCUT2D eigenvalue weighted by Crippen LogP contribution is 2.28. The molecule has 6 heteroatoms. The summed E-state index contributed by atoms with van der Waals surface area (Å²) >= 11 is 0. The summed E-state index contributed by atoms with van der Waals surface area (Å²) in [7, 11) is 0. The number of nitrogens with zero attached hydrogens (tertiary/aromatic N) is 2. The third-order valence-corrected chi connectivity index (χ3v) is 5.49. The fourth-order valence-electron chi connectivity index (χ4n) is 3.62. The second-order valence-corrected chi connectivity index (χ2v) is 8.99. The molecule has 4 rings (SSSR count). The van der Waals surface area contributed by atoms with Crippen molar-refractivity contribution in [3.05, 3.63) is 90.1 Å². The van der Waals surface area contributed by atoms with Gasteiger partial charge in [0.05, 0.1) is 0 Å². The van der Waals surface area contributed by atoms with Crippen molar-refractivity contribution in [3.63, 3.8) is 0 Å². The number of amides is 2. The normalized spacial score (nSPS) is 11.4. The van der Waals surface area contributed by atoms with Crippen LogP contribution in [0.5, 0.6) is 0 Å². The van der Waals surface area contributed by atoms with Crippen LogP contribution in [0.25, 0.3) is 16.9 Å². The molecule has 2 N–H and O–H groups in total. The Morgan fingerprint density at radius 3 is 2.30 bits per heavy atom. The Morgan fingerprint density at radius 1 is 0.909 bits per heavy atom. The number of nitrogens with one attached hydrogen (secondary N) is 2. The molecule has 2 amide bonds. The number of anilines is 1. The molecule has 0 unspecified atom stereocenters. The van der Waals surface area contributed by atoms with Crippen molar-refractivity contribution in [2.45, 2.75) is 32.6 Å². The molecule has 0 atom stereocenters. The summed E-state index contributed by atoms with van der Waals surface area (Å²) in [5.74, 6) is 0.232. The molecule has 6 nitrogen and oxygen atoms in total. The molecule has 0 fully saturated rings. The van der Waals surface area contributed by atoms with Crippen molar-refractivity contribution < 1.29 is 9.59 Å². The van der Waals surface area contributed by atoms with E-state index in [2.05, 4.69) is 36.4 Å². The summed E-state index contributed by atoms with van der Waals surface area (Å²) in [6.07, 6.45) is 2.02. The van der Waals surface area contributed by atoms with Crippen LogP contribution in [0.3, 0.4) is 0 Å². The SMILES string of the molecule is CC(C)(C)c1ccc(C(=O)NCCC(=O)Nc2c(-c3ccccc3)nc3ccccn23)cc1. The molecule has 2 aromatic heterocycles. The van der Waals surface area contributed by atoms with Gasteiger partial charge in [-0.05, 0) is 35.2 Å². The van der Waals surface area contributed by atoms with Gasteiger partial charge in [0.1, 0.15) is 17.2 Å². The lowest BCUT2D eigenvalue weighted by Crippen LogP contribution is -2.28. The summed E-state index contributed by atoms with van der Waals surface area (Å²) < 4.78 is 1.86. The smallest absolute Gasteiger partial charge is 0.251 e. The van der Waals surface area contributed by atoms with Gasteiger partial charge in [0.2, 0.25) is 5.91 Å². The molecule has 0 bridgehead atoms. The van der Waals surface area contributed by atoms with Crippen LogP contribution in [0, 0.1) is 0 Å². The Balaban J connectivity index is 1.41. The van der Waals surface area contributed by atoms with Gasteiger partial charge < -0.3 is 10.6 Å². The number of carbonyl (C=O) groups excluding carboxylic acids is 2. The summed E-state index contributed by atoms with van der Waals surface area (Å²) in [6, 6.07) is 23.0. The first kappa shape index (κ1) is 22.3. The van der Waals surface area contributed by atoms with Crippen molar-refractivity contribution in [1.29, 1.82) is 0 Å². The van der Waals surface area contributed by atoms with E-state index < -0.39 is 0 Å². The van der Waals surface area contributed by atoms with Gasteiger partial charge in [-0.25, -0.2) is 4.98 Å². The van der Waals surface area contributed by atoms with Gasteiger partial charge in [-0.15, -0.1) is 0 Å². The molecule has 0 saturated carbocycles. The number of pyridine rings is 1. The van der Waals surface area contributed by atoms with Crippen LogP contribution in [0.15, 0.2) is 79.0 Å². The molecule has 2 heterocycles. The van der Waals surface area contributed by atoms with Gasteiger partial charge in [0, 0.05) is 30.3 Å². The first-order valence-electron chi connectivity index (χ1n) is 11.0. The third kappa shape index (κ3) is 5.12. The third-order valence-electron chi connectivity index (χ3n) is 5.49. The maximum Gasteiger partial charge on any atom is 0.251 e. The van der Waals surface area contributed by atoms with Crippen molar-refractivity contribution in [2.75, 3.05) is 11.9 Å². The van der Waals surface area contributed by atoms with Gasteiger partial charge in [0.15, 0.2) is 0 Å². The van der Waals surface area contributed by atoms with Crippen molar-refractivity contribution in [1.82, 2.24) is 14.7 Å². The largest absolute Gasteiger partial charge is 0.352 e. The molecule has 4 aromatic rings. The maximum atomic E-state index is 12.7. The van der Waals surface area contributed by atoms with Crippen LogP contribution in [0.2, 0.25) is 0 Å². The topological polar surface area (TPSA) is 75.5 Å². The Morgan fingerprint density at radius 2 is 1.61 bits per heavy atom. The number of hydrogen-bond acceptors (Lipinski definition) is 3. The highest BCUT2D eigenvalue weighted by atomic mass is 16.2. The van der Waals surface area contributed by atoms with E-state index in [1.807, 2.05) is 83.4 Å². The molecule has 33 heavy (non-hydrogen) atoms. The van der Waals surface area contributed by atoms with Gasteiger partial charge in [0.25, 0.3) is 5.91 Å². The van der Waals surface area contributed by atoms with Crippen LogP contribution in [-0.4, -0.2) is 27.7 Å². The van der Waals surface area contributed by atoms with Crippen molar-refractivity contribution in [3.8, 4) is 11.3 Å². The van der Waals surface area contributed by atoms with E-state index in [4.69, 9.17) is 0 Å². The predicted molar refractivity (Wildman–Crippen MR) is 131 cm³/mol. The first-order valence-corrected chi connectivity index (χ1v) is 11.0. The van der Waals surface area contributed by atoms with E-state index in [9.17, 15) is 9.59 Å². The molecule has 0 saturated heterocycles. The summed E-state index contributed by atoms with van der Waals surface area (Å²) in [5.41, 5.74) is 4.15. The molecular weight excluding hydrogens is 412 g/mol. The lowest BCUT2D eigenvalue weighted by Gasteiger charge is -2.19. The fourth-order valence-corrected chi connectivity index (χ4v) is 3.62. The van der Waals surface area contributed by atoms with E-state index >= 15 is 0 Å². The molecule has 0 radical (unpaired) electrons. The number of aromatic nitrogens is 2. The molecule has 168 valence electrons. The average Bonchev–Trinajstić information content (AvgIpc) is 3.17. The molecular formula is C27H28N4O2. The van der Waals surface area contributed by atoms with E-state index in [-0.39, 0.29) is 30.2 Å². The van der Waals surface area contributed by atoms with Crippen LogP contribution in [-0.2, 0) is 10.2 Å². The van der Waals surface area contributed by atoms with Gasteiger partial charge >= 0.3 is 0 Å². The van der Waals surface area contributed by atoms with E-state index in [0.717, 1.165) is 11.2 Å². The Hall–Kier alpha value is -3.93. The van der Waals surface area contributed by atoms with Crippen LogP contribution in [0.4, 0.5) is 5.82 Å². The standard InChI is InChI=1S/C27H28N4O2/c1-27(2,3)21-14-12-20(13-15-21)26(33)28-17-16-23(32)30-25-24(19-9-5-4-6-10-19)29-22-11-7-8-18-31(22)25/h4-15,18H,16-17H2,1-3H3,(H,28,33)(H,30,32). The number of imidazole rings is 1. The van der Waals surface area contributed by atoms with Crippen molar-refractivity contribution >= 4 is 23.3 Å². The van der Waals surface area contributed by atoms with E-state index in [1.165, 1.54) is 5.56 Å². The Labute approximate surface area is 193 Å². The van der Waals surface area contributed by atoms with Crippen LogP contribution in [0.1, 0.15) is 43.1 Å². The molecule has 0 aliphatic heterocycles.